The van der Waals surface area contributed by atoms with Gasteiger partial charge in [-0.3, -0.25) is 4.79 Å². The summed E-state index contributed by atoms with van der Waals surface area (Å²) < 4.78 is 10.3. The molecular weight excluding hydrogens is 328 g/mol. The van der Waals surface area contributed by atoms with Gasteiger partial charge in [0.15, 0.2) is 6.61 Å². The van der Waals surface area contributed by atoms with Gasteiger partial charge in [0.2, 0.25) is 5.82 Å². The Kier molecular flexibility index (Phi) is 5.23. The predicted molar refractivity (Wildman–Crippen MR) is 89.3 cm³/mol. The highest BCUT2D eigenvalue weighted by Gasteiger charge is 2.11. The van der Waals surface area contributed by atoms with Crippen molar-refractivity contribution in [1.82, 2.24) is 10.1 Å². The van der Waals surface area contributed by atoms with Crippen molar-refractivity contribution >= 4 is 17.6 Å². The van der Waals surface area contributed by atoms with Crippen molar-refractivity contribution in [3.8, 4) is 11.4 Å². The number of carbonyl (C=O) groups excluding carboxylic acids is 1. The molecule has 5 nitrogen and oxygen atoms in total. The zero-order valence-corrected chi connectivity index (χ0v) is 13.6. The summed E-state index contributed by atoms with van der Waals surface area (Å²) in [7, 11) is 0. The van der Waals surface area contributed by atoms with Crippen molar-refractivity contribution in [3.05, 3.63) is 71.1 Å². The first-order chi connectivity index (χ1) is 11.7. The largest absolute Gasteiger partial charge is 0.456 e. The normalized spacial score (nSPS) is 10.5. The number of carbonyl (C=O) groups is 1. The van der Waals surface area contributed by atoms with Gasteiger partial charge in [0.1, 0.15) is 0 Å². The van der Waals surface area contributed by atoms with Crippen molar-refractivity contribution < 1.29 is 14.1 Å². The van der Waals surface area contributed by atoms with Gasteiger partial charge in [0.05, 0.1) is 0 Å². The third-order valence-electron chi connectivity index (χ3n) is 3.39. The number of hydrogen-bond acceptors (Lipinski definition) is 5. The van der Waals surface area contributed by atoms with Crippen LogP contribution < -0.4 is 0 Å². The average Bonchev–Trinajstić information content (AvgIpc) is 3.09. The lowest BCUT2D eigenvalue weighted by Crippen LogP contribution is -2.06. The van der Waals surface area contributed by atoms with E-state index in [9.17, 15) is 4.79 Å². The van der Waals surface area contributed by atoms with Gasteiger partial charge in [-0.25, -0.2) is 0 Å². The van der Waals surface area contributed by atoms with E-state index in [1.165, 1.54) is 0 Å². The lowest BCUT2D eigenvalue weighted by Gasteiger charge is -2.02. The topological polar surface area (TPSA) is 65.2 Å². The van der Waals surface area contributed by atoms with E-state index >= 15 is 0 Å². The van der Waals surface area contributed by atoms with Gasteiger partial charge >= 0.3 is 5.97 Å². The fourth-order valence-electron chi connectivity index (χ4n) is 2.14. The van der Waals surface area contributed by atoms with E-state index in [-0.39, 0.29) is 18.5 Å². The first-order valence-corrected chi connectivity index (χ1v) is 7.86. The van der Waals surface area contributed by atoms with Gasteiger partial charge in [0, 0.05) is 17.0 Å². The van der Waals surface area contributed by atoms with Crippen LogP contribution in [0.1, 0.15) is 17.9 Å². The molecule has 0 N–H and O–H groups in total. The zero-order chi connectivity index (χ0) is 16.8. The van der Waals surface area contributed by atoms with Gasteiger partial charge < -0.3 is 9.26 Å². The maximum absolute atomic E-state index is 11.8. The molecule has 0 amide bonds. The molecule has 3 rings (SSSR count). The maximum atomic E-state index is 11.8. The molecule has 0 saturated carbocycles. The molecule has 0 radical (unpaired) electrons. The molecule has 0 bridgehead atoms. The molecule has 0 aliphatic carbocycles. The number of ether oxygens (including phenoxy) is 1. The van der Waals surface area contributed by atoms with Gasteiger partial charge in [-0.05, 0) is 36.2 Å². The minimum Gasteiger partial charge on any atom is -0.456 e. The predicted octanol–water partition coefficient (Wildman–Crippen LogP) is 4.07. The van der Waals surface area contributed by atoms with Crippen LogP contribution in [0.2, 0.25) is 5.02 Å². The van der Waals surface area contributed by atoms with Crippen LogP contribution in [0, 0.1) is 0 Å². The molecule has 1 aromatic heterocycles. The highest BCUT2D eigenvalue weighted by Crippen LogP contribution is 2.18. The highest BCUT2D eigenvalue weighted by molar-refractivity contribution is 6.30. The molecule has 122 valence electrons. The molecule has 24 heavy (non-hydrogen) atoms. The number of nitrogens with zero attached hydrogens (tertiary/aromatic N) is 2. The third-order valence-corrected chi connectivity index (χ3v) is 3.64. The SMILES string of the molecule is O=C(CCc1ccccc1)OCc1nc(-c2ccc(Cl)cc2)no1. The van der Waals surface area contributed by atoms with E-state index in [0.717, 1.165) is 11.1 Å². The number of esters is 1. The summed E-state index contributed by atoms with van der Waals surface area (Å²) >= 11 is 5.84. The summed E-state index contributed by atoms with van der Waals surface area (Å²) in [6, 6.07) is 16.9. The molecule has 3 aromatic rings. The summed E-state index contributed by atoms with van der Waals surface area (Å²) in [5.74, 6) is 0.389. The van der Waals surface area contributed by atoms with E-state index in [0.29, 0.717) is 23.7 Å². The van der Waals surface area contributed by atoms with Crippen molar-refractivity contribution in [2.75, 3.05) is 0 Å². The molecule has 0 atom stereocenters. The summed E-state index contributed by atoms with van der Waals surface area (Å²) in [5, 5.41) is 4.50. The Labute approximate surface area is 144 Å². The third kappa shape index (κ3) is 4.43. The zero-order valence-electron chi connectivity index (χ0n) is 12.8. The van der Waals surface area contributed by atoms with Crippen LogP contribution in [0.25, 0.3) is 11.4 Å². The number of aryl methyl sites for hydroxylation is 1. The van der Waals surface area contributed by atoms with Crippen molar-refractivity contribution in [1.29, 1.82) is 0 Å². The summed E-state index contributed by atoms with van der Waals surface area (Å²) in [6.07, 6.45) is 0.946. The van der Waals surface area contributed by atoms with Crippen LogP contribution in [0.3, 0.4) is 0 Å². The second kappa shape index (κ2) is 7.75. The Bertz CT molecular complexity index is 801. The number of hydrogen-bond donors (Lipinski definition) is 0. The molecule has 6 heteroatoms. The Morgan fingerprint density at radius 1 is 1.08 bits per heavy atom. The molecular formula is C18H15ClN2O3. The summed E-state index contributed by atoms with van der Waals surface area (Å²) in [6.45, 7) is -0.0335. The second-order valence-corrected chi connectivity index (χ2v) is 5.60. The molecule has 2 aromatic carbocycles. The highest BCUT2D eigenvalue weighted by atomic mass is 35.5. The number of benzene rings is 2. The second-order valence-electron chi connectivity index (χ2n) is 5.16. The Hall–Kier alpha value is -2.66. The number of rotatable bonds is 6. The van der Waals surface area contributed by atoms with Gasteiger partial charge in [-0.1, -0.05) is 47.1 Å². The average molecular weight is 343 g/mol. The van der Waals surface area contributed by atoms with Crippen LogP contribution >= 0.6 is 11.6 Å². The van der Waals surface area contributed by atoms with Gasteiger partial charge in [-0.15, -0.1) is 0 Å². The molecule has 0 aliphatic heterocycles. The lowest BCUT2D eigenvalue weighted by molar-refractivity contribution is -0.145. The minimum absolute atomic E-state index is 0.0335. The Balaban J connectivity index is 1.50. The fourth-order valence-corrected chi connectivity index (χ4v) is 2.26. The van der Waals surface area contributed by atoms with Crippen LogP contribution in [0.4, 0.5) is 0 Å². The molecule has 0 fully saturated rings. The number of aromatic nitrogens is 2. The molecule has 0 saturated heterocycles. The van der Waals surface area contributed by atoms with E-state index in [2.05, 4.69) is 10.1 Å². The van der Waals surface area contributed by atoms with E-state index in [1.54, 1.807) is 24.3 Å². The van der Waals surface area contributed by atoms with Crippen molar-refractivity contribution in [3.63, 3.8) is 0 Å². The van der Waals surface area contributed by atoms with Crippen LogP contribution in [-0.4, -0.2) is 16.1 Å². The molecule has 0 aliphatic rings. The van der Waals surface area contributed by atoms with Crippen molar-refractivity contribution in [2.45, 2.75) is 19.4 Å². The molecule has 1 heterocycles. The van der Waals surface area contributed by atoms with E-state index in [1.807, 2.05) is 30.3 Å². The molecule has 0 spiro atoms. The maximum Gasteiger partial charge on any atom is 0.306 e. The first kappa shape index (κ1) is 16.2. The summed E-state index contributed by atoms with van der Waals surface area (Å²) in [4.78, 5) is 16.0. The smallest absolute Gasteiger partial charge is 0.306 e. The quantitative estimate of drug-likeness (QED) is 0.632. The Morgan fingerprint density at radius 3 is 2.58 bits per heavy atom. The van der Waals surface area contributed by atoms with E-state index in [4.69, 9.17) is 20.9 Å². The number of halogens is 1. The minimum atomic E-state index is -0.301. The first-order valence-electron chi connectivity index (χ1n) is 7.49. The van der Waals surface area contributed by atoms with Gasteiger partial charge in [-0.2, -0.15) is 4.98 Å². The summed E-state index contributed by atoms with van der Waals surface area (Å²) in [5.41, 5.74) is 1.88. The lowest BCUT2D eigenvalue weighted by atomic mass is 10.1. The standard InChI is InChI=1S/C18H15ClN2O3/c19-15-9-7-14(8-10-15)18-20-16(24-21-18)12-23-17(22)11-6-13-4-2-1-3-5-13/h1-5,7-10H,6,11-12H2. The monoisotopic (exact) mass is 342 g/mol. The van der Waals surface area contributed by atoms with E-state index < -0.39 is 0 Å². The van der Waals surface area contributed by atoms with Crippen LogP contribution in [-0.2, 0) is 22.6 Å². The van der Waals surface area contributed by atoms with Crippen LogP contribution in [0.15, 0.2) is 59.1 Å². The Morgan fingerprint density at radius 2 is 1.83 bits per heavy atom. The van der Waals surface area contributed by atoms with Crippen LogP contribution in [0.5, 0.6) is 0 Å². The fraction of sp³-hybridized carbons (Fsp3) is 0.167. The van der Waals surface area contributed by atoms with Gasteiger partial charge in [0.25, 0.3) is 5.89 Å². The van der Waals surface area contributed by atoms with Crippen molar-refractivity contribution in [2.24, 2.45) is 0 Å². The molecule has 0 unspecified atom stereocenters.